The summed E-state index contributed by atoms with van der Waals surface area (Å²) in [5.41, 5.74) is 7.18. The third-order valence-electron chi connectivity index (χ3n) is 2.99. The maximum Gasteiger partial charge on any atom is 0.124 e. The van der Waals surface area contributed by atoms with Crippen molar-refractivity contribution in [3.63, 3.8) is 0 Å². The van der Waals surface area contributed by atoms with Gasteiger partial charge in [-0.3, -0.25) is 0 Å². The molecule has 0 aromatic heterocycles. The Hall–Kier alpha value is -1.06. The smallest absolute Gasteiger partial charge is 0.124 e. The molecular formula is C16H27NO2. The molecule has 0 spiro atoms. The molecule has 0 heterocycles. The number of rotatable bonds is 9. The van der Waals surface area contributed by atoms with E-state index in [1.54, 1.807) is 0 Å². The van der Waals surface area contributed by atoms with Crippen molar-refractivity contribution in [2.24, 2.45) is 11.7 Å². The van der Waals surface area contributed by atoms with Gasteiger partial charge in [-0.05, 0) is 31.7 Å². The molecule has 1 rings (SSSR count). The molecule has 108 valence electrons. The van der Waals surface area contributed by atoms with Crippen LogP contribution >= 0.6 is 0 Å². The molecule has 0 radical (unpaired) electrons. The van der Waals surface area contributed by atoms with Crippen molar-refractivity contribution in [3.8, 4) is 5.75 Å². The van der Waals surface area contributed by atoms with Gasteiger partial charge in [0.1, 0.15) is 5.75 Å². The number of benzene rings is 1. The van der Waals surface area contributed by atoms with Gasteiger partial charge in [-0.25, -0.2) is 0 Å². The van der Waals surface area contributed by atoms with Crippen LogP contribution in [-0.4, -0.2) is 19.8 Å². The maximum absolute atomic E-state index is 6.16. The van der Waals surface area contributed by atoms with E-state index in [2.05, 4.69) is 13.8 Å². The molecule has 1 aromatic rings. The van der Waals surface area contributed by atoms with Crippen LogP contribution in [-0.2, 0) is 4.74 Å². The predicted molar refractivity (Wildman–Crippen MR) is 79.4 cm³/mol. The van der Waals surface area contributed by atoms with Crippen LogP contribution in [0.25, 0.3) is 0 Å². The Kier molecular flexibility index (Phi) is 7.53. The van der Waals surface area contributed by atoms with E-state index in [0.717, 1.165) is 30.3 Å². The van der Waals surface area contributed by atoms with Crippen molar-refractivity contribution in [1.82, 2.24) is 0 Å². The van der Waals surface area contributed by atoms with Crippen LogP contribution in [0.2, 0.25) is 0 Å². The zero-order valence-electron chi connectivity index (χ0n) is 12.4. The van der Waals surface area contributed by atoms with Crippen molar-refractivity contribution < 1.29 is 9.47 Å². The van der Waals surface area contributed by atoms with Crippen LogP contribution in [0.5, 0.6) is 5.75 Å². The standard InChI is InChI=1S/C16H27NO2/c1-4-19-16-10-6-5-9-14(16)15(17)12-18-11-7-8-13(2)3/h5-6,9-10,13,15H,4,7-8,11-12,17H2,1-3H3. The van der Waals surface area contributed by atoms with Crippen LogP contribution in [0.3, 0.4) is 0 Å². The Morgan fingerprint density at radius 2 is 1.95 bits per heavy atom. The average molecular weight is 265 g/mol. The molecule has 0 saturated carbocycles. The van der Waals surface area contributed by atoms with Crippen LogP contribution in [0.4, 0.5) is 0 Å². The summed E-state index contributed by atoms with van der Waals surface area (Å²) in [6, 6.07) is 7.79. The lowest BCUT2D eigenvalue weighted by Gasteiger charge is -2.16. The van der Waals surface area contributed by atoms with E-state index in [1.165, 1.54) is 6.42 Å². The molecular weight excluding hydrogens is 238 g/mol. The van der Waals surface area contributed by atoms with E-state index < -0.39 is 0 Å². The number of hydrogen-bond acceptors (Lipinski definition) is 3. The Morgan fingerprint density at radius 1 is 1.21 bits per heavy atom. The summed E-state index contributed by atoms with van der Waals surface area (Å²) in [7, 11) is 0. The van der Waals surface area contributed by atoms with Crippen LogP contribution in [0.1, 0.15) is 45.2 Å². The highest BCUT2D eigenvalue weighted by Crippen LogP contribution is 2.23. The molecule has 0 fully saturated rings. The molecule has 3 heteroatoms. The zero-order chi connectivity index (χ0) is 14.1. The van der Waals surface area contributed by atoms with E-state index >= 15 is 0 Å². The molecule has 0 saturated heterocycles. The van der Waals surface area contributed by atoms with Gasteiger partial charge in [0.05, 0.1) is 19.3 Å². The summed E-state index contributed by atoms with van der Waals surface area (Å²) in [5.74, 6) is 1.60. The minimum absolute atomic E-state index is 0.123. The van der Waals surface area contributed by atoms with E-state index in [1.807, 2.05) is 31.2 Å². The lowest BCUT2D eigenvalue weighted by Crippen LogP contribution is -2.18. The topological polar surface area (TPSA) is 44.5 Å². The van der Waals surface area contributed by atoms with E-state index in [9.17, 15) is 0 Å². The van der Waals surface area contributed by atoms with E-state index in [4.69, 9.17) is 15.2 Å². The first kappa shape index (κ1) is 16.0. The molecule has 1 atom stereocenters. The summed E-state index contributed by atoms with van der Waals surface area (Å²) in [4.78, 5) is 0. The summed E-state index contributed by atoms with van der Waals surface area (Å²) in [5, 5.41) is 0. The van der Waals surface area contributed by atoms with Crippen molar-refractivity contribution in [1.29, 1.82) is 0 Å². The van der Waals surface area contributed by atoms with Gasteiger partial charge in [-0.15, -0.1) is 0 Å². The first-order valence-electron chi connectivity index (χ1n) is 7.20. The van der Waals surface area contributed by atoms with Crippen LogP contribution in [0, 0.1) is 5.92 Å². The highest BCUT2D eigenvalue weighted by Gasteiger charge is 2.11. The SMILES string of the molecule is CCOc1ccccc1C(N)COCCCC(C)C. The predicted octanol–water partition coefficient (Wildman–Crippen LogP) is 3.54. The molecule has 0 bridgehead atoms. The van der Waals surface area contributed by atoms with Gasteiger partial charge >= 0.3 is 0 Å². The molecule has 1 aromatic carbocycles. The highest BCUT2D eigenvalue weighted by molar-refractivity contribution is 5.35. The fourth-order valence-electron chi connectivity index (χ4n) is 1.97. The summed E-state index contributed by atoms with van der Waals surface area (Å²) >= 11 is 0. The van der Waals surface area contributed by atoms with Gasteiger partial charge in [0, 0.05) is 12.2 Å². The second kappa shape index (κ2) is 8.94. The van der Waals surface area contributed by atoms with Gasteiger partial charge < -0.3 is 15.2 Å². The third kappa shape index (κ3) is 6.08. The van der Waals surface area contributed by atoms with Gasteiger partial charge in [0.2, 0.25) is 0 Å². The average Bonchev–Trinajstić information content (AvgIpc) is 2.39. The Balaban J connectivity index is 2.38. The van der Waals surface area contributed by atoms with Gasteiger partial charge in [0.25, 0.3) is 0 Å². The van der Waals surface area contributed by atoms with E-state index in [0.29, 0.717) is 13.2 Å². The van der Waals surface area contributed by atoms with Crippen LogP contribution < -0.4 is 10.5 Å². The Bertz CT molecular complexity index is 352. The maximum atomic E-state index is 6.16. The molecule has 0 amide bonds. The largest absolute Gasteiger partial charge is 0.494 e. The lowest BCUT2D eigenvalue weighted by molar-refractivity contribution is 0.114. The number of para-hydroxylation sites is 1. The Labute approximate surface area is 117 Å². The molecule has 3 nitrogen and oxygen atoms in total. The van der Waals surface area contributed by atoms with Crippen molar-refractivity contribution >= 4 is 0 Å². The van der Waals surface area contributed by atoms with Crippen molar-refractivity contribution in [2.75, 3.05) is 19.8 Å². The van der Waals surface area contributed by atoms with Crippen LogP contribution in [0.15, 0.2) is 24.3 Å². The zero-order valence-corrected chi connectivity index (χ0v) is 12.4. The van der Waals surface area contributed by atoms with Crippen molar-refractivity contribution in [3.05, 3.63) is 29.8 Å². The summed E-state index contributed by atoms with van der Waals surface area (Å²) in [6.07, 6.45) is 2.29. The van der Waals surface area contributed by atoms with E-state index in [-0.39, 0.29) is 6.04 Å². The molecule has 0 aliphatic carbocycles. The third-order valence-corrected chi connectivity index (χ3v) is 2.99. The molecule has 19 heavy (non-hydrogen) atoms. The molecule has 1 unspecified atom stereocenters. The fraction of sp³-hybridized carbons (Fsp3) is 0.625. The van der Waals surface area contributed by atoms with Crippen molar-refractivity contribution in [2.45, 2.75) is 39.7 Å². The highest BCUT2D eigenvalue weighted by atomic mass is 16.5. The summed E-state index contributed by atoms with van der Waals surface area (Å²) < 4.78 is 11.2. The number of nitrogens with two attached hydrogens (primary N) is 1. The Morgan fingerprint density at radius 3 is 2.63 bits per heavy atom. The lowest BCUT2D eigenvalue weighted by atomic mass is 10.1. The van der Waals surface area contributed by atoms with Gasteiger partial charge in [0.15, 0.2) is 0 Å². The molecule has 0 aliphatic heterocycles. The van der Waals surface area contributed by atoms with Gasteiger partial charge in [-0.2, -0.15) is 0 Å². The molecule has 0 aliphatic rings. The minimum Gasteiger partial charge on any atom is -0.494 e. The summed E-state index contributed by atoms with van der Waals surface area (Å²) in [6.45, 7) is 8.41. The van der Waals surface area contributed by atoms with Gasteiger partial charge in [-0.1, -0.05) is 32.0 Å². The first-order valence-corrected chi connectivity index (χ1v) is 7.20. The normalized spacial score (nSPS) is 12.7. The number of ether oxygens (including phenoxy) is 2. The second-order valence-electron chi connectivity index (χ2n) is 5.19. The second-order valence-corrected chi connectivity index (χ2v) is 5.19. The fourth-order valence-corrected chi connectivity index (χ4v) is 1.97. The minimum atomic E-state index is -0.123. The monoisotopic (exact) mass is 265 g/mol. The quantitative estimate of drug-likeness (QED) is 0.695. The molecule has 2 N–H and O–H groups in total. The number of hydrogen-bond donors (Lipinski definition) is 1. The first-order chi connectivity index (χ1) is 9.15.